The largest absolute Gasteiger partial charge is 0.508 e. The Morgan fingerprint density at radius 3 is 2.63 bits per heavy atom. The summed E-state index contributed by atoms with van der Waals surface area (Å²) in [6.45, 7) is 1.98. The first kappa shape index (κ1) is 12.9. The zero-order chi connectivity index (χ0) is 13.1. The number of phenols is 1. The molecule has 0 bridgehead atoms. The van der Waals surface area contributed by atoms with Crippen LogP contribution in [0.5, 0.6) is 5.75 Å². The van der Waals surface area contributed by atoms with Crippen LogP contribution in [-0.4, -0.2) is 30.2 Å². The van der Waals surface area contributed by atoms with Gasteiger partial charge in [0.05, 0.1) is 25.9 Å². The summed E-state index contributed by atoms with van der Waals surface area (Å²) in [5.41, 5.74) is 1.01. The standard InChI is InChI=1S/C15H20O4/c16-13-3-1-2-12(10-13)11-17-14-4-6-15(7-5-14)18-8-9-19-15/h1-3,10,14,16H,4-9,11H2. The van der Waals surface area contributed by atoms with Crippen molar-refractivity contribution in [2.24, 2.45) is 0 Å². The molecule has 0 radical (unpaired) electrons. The van der Waals surface area contributed by atoms with Crippen LogP contribution in [0.25, 0.3) is 0 Å². The summed E-state index contributed by atoms with van der Waals surface area (Å²) in [5.74, 6) is -0.0262. The van der Waals surface area contributed by atoms with Gasteiger partial charge in [0.25, 0.3) is 0 Å². The van der Waals surface area contributed by atoms with Gasteiger partial charge in [-0.05, 0) is 30.5 Å². The third-order valence-corrected chi connectivity index (χ3v) is 3.90. The van der Waals surface area contributed by atoms with Gasteiger partial charge in [-0.3, -0.25) is 0 Å². The molecule has 1 aromatic carbocycles. The van der Waals surface area contributed by atoms with E-state index in [1.165, 1.54) is 0 Å². The first-order valence-corrected chi connectivity index (χ1v) is 6.93. The average molecular weight is 264 g/mol. The van der Waals surface area contributed by atoms with Gasteiger partial charge in [0.1, 0.15) is 5.75 Å². The predicted molar refractivity (Wildman–Crippen MR) is 69.8 cm³/mol. The molecule has 1 N–H and O–H groups in total. The van der Waals surface area contributed by atoms with E-state index in [1.54, 1.807) is 12.1 Å². The second kappa shape index (κ2) is 5.49. The number of hydrogen-bond donors (Lipinski definition) is 1. The second-order valence-corrected chi connectivity index (χ2v) is 5.29. The monoisotopic (exact) mass is 264 g/mol. The molecule has 1 saturated heterocycles. The molecule has 19 heavy (non-hydrogen) atoms. The SMILES string of the molecule is Oc1cccc(COC2CCC3(CC2)OCCO3)c1. The summed E-state index contributed by atoms with van der Waals surface area (Å²) in [6, 6.07) is 7.22. The molecule has 0 aromatic heterocycles. The molecule has 4 nitrogen and oxygen atoms in total. The highest BCUT2D eigenvalue weighted by atomic mass is 16.7. The molecule has 1 aliphatic heterocycles. The van der Waals surface area contributed by atoms with Crippen molar-refractivity contribution in [1.82, 2.24) is 0 Å². The lowest BCUT2D eigenvalue weighted by molar-refractivity contribution is -0.192. The normalized spacial score (nSPS) is 22.9. The summed E-state index contributed by atoms with van der Waals surface area (Å²) in [4.78, 5) is 0. The molecule has 0 unspecified atom stereocenters. The quantitative estimate of drug-likeness (QED) is 0.911. The number of phenolic OH excluding ortho intramolecular Hbond substituents is 1. The molecule has 1 saturated carbocycles. The van der Waals surface area contributed by atoms with Crippen LogP contribution in [-0.2, 0) is 20.8 Å². The average Bonchev–Trinajstić information content (AvgIpc) is 2.87. The van der Waals surface area contributed by atoms with Crippen molar-refractivity contribution >= 4 is 0 Å². The van der Waals surface area contributed by atoms with Crippen molar-refractivity contribution in [1.29, 1.82) is 0 Å². The summed E-state index contributed by atoms with van der Waals surface area (Å²) in [6.07, 6.45) is 4.04. The first-order valence-electron chi connectivity index (χ1n) is 6.93. The fourth-order valence-electron chi connectivity index (χ4n) is 2.84. The third-order valence-electron chi connectivity index (χ3n) is 3.90. The number of hydrogen-bond acceptors (Lipinski definition) is 4. The summed E-state index contributed by atoms with van der Waals surface area (Å²) < 4.78 is 17.3. The molecule has 1 heterocycles. The molecule has 4 heteroatoms. The van der Waals surface area contributed by atoms with Gasteiger partial charge in [-0.25, -0.2) is 0 Å². The maximum atomic E-state index is 9.40. The molecule has 1 spiro atoms. The van der Waals surface area contributed by atoms with Gasteiger partial charge in [-0.1, -0.05) is 12.1 Å². The Labute approximate surface area is 113 Å². The first-order chi connectivity index (χ1) is 9.26. The van der Waals surface area contributed by atoms with E-state index in [0.717, 1.165) is 44.5 Å². The summed E-state index contributed by atoms with van der Waals surface area (Å²) in [5, 5.41) is 9.40. The lowest BCUT2D eigenvalue weighted by Crippen LogP contribution is -2.37. The highest BCUT2D eigenvalue weighted by Gasteiger charge is 2.40. The minimum absolute atomic E-state index is 0.265. The molecule has 1 aromatic rings. The van der Waals surface area contributed by atoms with Crippen LogP contribution in [0, 0.1) is 0 Å². The third kappa shape index (κ3) is 3.08. The number of aromatic hydroxyl groups is 1. The van der Waals surface area contributed by atoms with Crippen molar-refractivity contribution in [3.05, 3.63) is 29.8 Å². The summed E-state index contributed by atoms with van der Waals surface area (Å²) in [7, 11) is 0. The van der Waals surface area contributed by atoms with Crippen molar-refractivity contribution in [2.75, 3.05) is 13.2 Å². The van der Waals surface area contributed by atoms with Gasteiger partial charge in [0.2, 0.25) is 0 Å². The van der Waals surface area contributed by atoms with Crippen molar-refractivity contribution in [3.8, 4) is 5.75 Å². The van der Waals surface area contributed by atoms with Crippen LogP contribution < -0.4 is 0 Å². The fraction of sp³-hybridized carbons (Fsp3) is 0.600. The van der Waals surface area contributed by atoms with Gasteiger partial charge < -0.3 is 19.3 Å². The molecule has 104 valence electrons. The van der Waals surface area contributed by atoms with Crippen LogP contribution in [0.2, 0.25) is 0 Å². The zero-order valence-electron chi connectivity index (χ0n) is 11.0. The van der Waals surface area contributed by atoms with E-state index in [2.05, 4.69) is 0 Å². The van der Waals surface area contributed by atoms with Crippen LogP contribution in [0.3, 0.4) is 0 Å². The Kier molecular flexibility index (Phi) is 3.73. The van der Waals surface area contributed by atoms with E-state index < -0.39 is 0 Å². The molecule has 2 aliphatic rings. The van der Waals surface area contributed by atoms with Gasteiger partial charge in [-0.2, -0.15) is 0 Å². The van der Waals surface area contributed by atoms with Crippen molar-refractivity contribution in [3.63, 3.8) is 0 Å². The van der Waals surface area contributed by atoms with Crippen LogP contribution >= 0.6 is 0 Å². The number of benzene rings is 1. The van der Waals surface area contributed by atoms with Gasteiger partial charge >= 0.3 is 0 Å². The minimum atomic E-state index is -0.315. The second-order valence-electron chi connectivity index (χ2n) is 5.29. The Hall–Kier alpha value is -1.10. The van der Waals surface area contributed by atoms with E-state index in [9.17, 15) is 5.11 Å². The van der Waals surface area contributed by atoms with Crippen LogP contribution in [0.1, 0.15) is 31.2 Å². The van der Waals surface area contributed by atoms with E-state index in [-0.39, 0.29) is 17.6 Å². The molecule has 0 atom stereocenters. The molecule has 2 fully saturated rings. The predicted octanol–water partition coefficient (Wildman–Crippen LogP) is 2.59. The van der Waals surface area contributed by atoms with Crippen molar-refractivity contribution in [2.45, 2.75) is 44.2 Å². The lowest BCUT2D eigenvalue weighted by Gasteiger charge is -2.35. The topological polar surface area (TPSA) is 47.9 Å². The van der Waals surface area contributed by atoms with E-state index in [0.29, 0.717) is 6.61 Å². The Morgan fingerprint density at radius 2 is 1.95 bits per heavy atom. The molecular formula is C15H20O4. The smallest absolute Gasteiger partial charge is 0.168 e. The van der Waals surface area contributed by atoms with Crippen molar-refractivity contribution < 1.29 is 19.3 Å². The summed E-state index contributed by atoms with van der Waals surface area (Å²) >= 11 is 0. The molecular weight excluding hydrogens is 244 g/mol. The van der Waals surface area contributed by atoms with Gasteiger partial charge in [-0.15, -0.1) is 0 Å². The molecule has 0 amide bonds. The van der Waals surface area contributed by atoms with E-state index in [1.807, 2.05) is 12.1 Å². The number of ether oxygens (including phenoxy) is 3. The lowest BCUT2D eigenvalue weighted by atomic mass is 9.92. The molecule has 3 rings (SSSR count). The highest BCUT2D eigenvalue weighted by Crippen LogP contribution is 2.36. The Balaban J connectivity index is 1.47. The minimum Gasteiger partial charge on any atom is -0.508 e. The van der Waals surface area contributed by atoms with Gasteiger partial charge in [0.15, 0.2) is 5.79 Å². The van der Waals surface area contributed by atoms with Crippen LogP contribution in [0.15, 0.2) is 24.3 Å². The fourth-order valence-corrected chi connectivity index (χ4v) is 2.84. The Morgan fingerprint density at radius 1 is 1.21 bits per heavy atom. The Bertz CT molecular complexity index is 416. The molecule has 1 aliphatic carbocycles. The highest BCUT2D eigenvalue weighted by molar-refractivity contribution is 5.26. The van der Waals surface area contributed by atoms with E-state index in [4.69, 9.17) is 14.2 Å². The van der Waals surface area contributed by atoms with Crippen LogP contribution in [0.4, 0.5) is 0 Å². The van der Waals surface area contributed by atoms with Gasteiger partial charge in [0, 0.05) is 12.8 Å². The maximum absolute atomic E-state index is 9.40. The maximum Gasteiger partial charge on any atom is 0.168 e. The van der Waals surface area contributed by atoms with E-state index >= 15 is 0 Å². The number of rotatable bonds is 3. The zero-order valence-corrected chi connectivity index (χ0v) is 11.0.